The van der Waals surface area contributed by atoms with Crippen molar-refractivity contribution in [2.75, 3.05) is 19.3 Å². The van der Waals surface area contributed by atoms with Gasteiger partial charge in [0.25, 0.3) is 0 Å². The lowest BCUT2D eigenvalue weighted by atomic mass is 10.2. The van der Waals surface area contributed by atoms with Crippen LogP contribution >= 0.6 is 0 Å². The van der Waals surface area contributed by atoms with Gasteiger partial charge in [-0.25, -0.2) is 17.1 Å². The van der Waals surface area contributed by atoms with Crippen LogP contribution in [0.2, 0.25) is 0 Å². The zero-order valence-corrected chi connectivity index (χ0v) is 11.0. The van der Waals surface area contributed by atoms with Crippen LogP contribution in [0.4, 0.5) is 10.1 Å². The molecule has 0 unspecified atom stereocenters. The highest BCUT2D eigenvalue weighted by Crippen LogP contribution is 2.22. The minimum Gasteiger partial charge on any atom is -0.396 e. The number of halogens is 1. The molecular weight excluding hydrogens is 243 g/mol. The molecule has 0 fully saturated rings. The van der Waals surface area contributed by atoms with Crippen molar-refractivity contribution in [3.05, 3.63) is 23.5 Å². The third-order valence-corrected chi connectivity index (χ3v) is 4.34. The Kier molecular flexibility index (Phi) is 4.11. The monoisotopic (exact) mass is 260 g/mol. The molecule has 0 aliphatic heterocycles. The van der Waals surface area contributed by atoms with Crippen LogP contribution in [-0.4, -0.2) is 26.3 Å². The fraction of sp³-hybridized carbons (Fsp3) is 0.455. The van der Waals surface area contributed by atoms with E-state index in [2.05, 4.69) is 0 Å². The Morgan fingerprint density at radius 2 is 2.00 bits per heavy atom. The molecule has 0 spiro atoms. The van der Waals surface area contributed by atoms with E-state index in [9.17, 15) is 12.8 Å². The zero-order valence-electron chi connectivity index (χ0n) is 10.2. The second-order valence-corrected chi connectivity index (χ2v) is 6.01. The van der Waals surface area contributed by atoms with Gasteiger partial charge in [0.2, 0.25) is 10.0 Å². The van der Waals surface area contributed by atoms with Gasteiger partial charge >= 0.3 is 0 Å². The van der Waals surface area contributed by atoms with Gasteiger partial charge in [-0.3, -0.25) is 0 Å². The van der Waals surface area contributed by atoms with Gasteiger partial charge in [-0.1, -0.05) is 6.92 Å². The lowest BCUT2D eigenvalue weighted by Crippen LogP contribution is -2.27. The summed E-state index contributed by atoms with van der Waals surface area (Å²) in [6, 6.07) is 2.46. The van der Waals surface area contributed by atoms with E-state index < -0.39 is 15.8 Å². The number of sulfonamides is 1. The molecule has 0 aliphatic carbocycles. The van der Waals surface area contributed by atoms with Gasteiger partial charge in [-0.05, 0) is 31.0 Å². The molecule has 0 aliphatic rings. The van der Waals surface area contributed by atoms with Crippen molar-refractivity contribution >= 4 is 15.7 Å². The number of nitrogen functional groups attached to an aromatic ring is 1. The SMILES string of the molecule is CCCN(C)S(=O)(=O)c1cc(C)c(F)c(N)c1. The highest BCUT2D eigenvalue weighted by Gasteiger charge is 2.21. The summed E-state index contributed by atoms with van der Waals surface area (Å²) in [5.74, 6) is -0.568. The molecule has 17 heavy (non-hydrogen) atoms. The Balaban J connectivity index is 3.25. The van der Waals surface area contributed by atoms with Gasteiger partial charge in [0.1, 0.15) is 5.82 Å². The number of rotatable bonds is 4. The summed E-state index contributed by atoms with van der Waals surface area (Å²) < 4.78 is 38.7. The number of hydrogen-bond donors (Lipinski definition) is 1. The predicted octanol–water partition coefficient (Wildman–Crippen LogP) is 1.75. The van der Waals surface area contributed by atoms with Crippen LogP contribution < -0.4 is 5.73 Å². The van der Waals surface area contributed by atoms with Crippen molar-refractivity contribution in [3.8, 4) is 0 Å². The van der Waals surface area contributed by atoms with Crippen molar-refractivity contribution in [2.24, 2.45) is 0 Å². The minimum atomic E-state index is -3.58. The van der Waals surface area contributed by atoms with Gasteiger partial charge in [-0.15, -0.1) is 0 Å². The van der Waals surface area contributed by atoms with Crippen LogP contribution in [0.15, 0.2) is 17.0 Å². The normalized spacial score (nSPS) is 12.1. The molecule has 0 radical (unpaired) electrons. The number of aryl methyl sites for hydroxylation is 1. The molecule has 0 amide bonds. The van der Waals surface area contributed by atoms with E-state index in [1.807, 2.05) is 6.92 Å². The van der Waals surface area contributed by atoms with Crippen LogP contribution in [0.25, 0.3) is 0 Å². The smallest absolute Gasteiger partial charge is 0.242 e. The maximum Gasteiger partial charge on any atom is 0.242 e. The summed E-state index contributed by atoms with van der Waals surface area (Å²) in [5.41, 5.74) is 5.52. The minimum absolute atomic E-state index is 0.0323. The maximum atomic E-state index is 13.3. The topological polar surface area (TPSA) is 63.4 Å². The standard InChI is InChI=1S/C11H17FN2O2S/c1-4-5-14(3)17(15,16)9-6-8(2)11(12)10(13)7-9/h6-7H,4-5,13H2,1-3H3. The first kappa shape index (κ1) is 13.9. The molecule has 0 saturated carbocycles. The van der Waals surface area contributed by atoms with Crippen LogP contribution in [0.3, 0.4) is 0 Å². The molecule has 0 atom stereocenters. The molecule has 0 bridgehead atoms. The summed E-state index contributed by atoms with van der Waals surface area (Å²) in [4.78, 5) is 0.0323. The molecule has 0 heterocycles. The summed E-state index contributed by atoms with van der Waals surface area (Å²) >= 11 is 0. The average Bonchev–Trinajstić information content (AvgIpc) is 2.25. The number of benzene rings is 1. The summed E-state index contributed by atoms with van der Waals surface area (Å²) in [7, 11) is -2.08. The lowest BCUT2D eigenvalue weighted by molar-refractivity contribution is 0.468. The Morgan fingerprint density at radius 1 is 1.41 bits per heavy atom. The van der Waals surface area contributed by atoms with Crippen LogP contribution in [0.1, 0.15) is 18.9 Å². The molecule has 96 valence electrons. The summed E-state index contributed by atoms with van der Waals surface area (Å²) in [5, 5.41) is 0. The van der Waals surface area contributed by atoms with Gasteiger partial charge in [0.05, 0.1) is 10.6 Å². The quantitative estimate of drug-likeness (QED) is 0.839. The molecule has 1 aromatic rings. The van der Waals surface area contributed by atoms with Crippen LogP contribution in [-0.2, 0) is 10.0 Å². The average molecular weight is 260 g/mol. The second kappa shape index (κ2) is 5.01. The fourth-order valence-electron chi connectivity index (χ4n) is 1.53. The van der Waals surface area contributed by atoms with Crippen LogP contribution in [0.5, 0.6) is 0 Å². The molecule has 4 nitrogen and oxygen atoms in total. The highest BCUT2D eigenvalue weighted by molar-refractivity contribution is 7.89. The van der Waals surface area contributed by atoms with Crippen molar-refractivity contribution < 1.29 is 12.8 Å². The highest BCUT2D eigenvalue weighted by atomic mass is 32.2. The summed E-state index contributed by atoms with van der Waals surface area (Å²) in [6.07, 6.45) is 0.714. The first-order chi connectivity index (χ1) is 7.80. The van der Waals surface area contributed by atoms with E-state index in [1.54, 1.807) is 0 Å². The zero-order chi connectivity index (χ0) is 13.2. The molecule has 1 rings (SSSR count). The molecule has 1 aromatic carbocycles. The van der Waals surface area contributed by atoms with Crippen molar-refractivity contribution in [1.82, 2.24) is 4.31 Å². The van der Waals surface area contributed by atoms with Gasteiger partial charge < -0.3 is 5.73 Å². The Labute approximate surface area is 101 Å². The fourth-order valence-corrected chi connectivity index (χ4v) is 2.91. The largest absolute Gasteiger partial charge is 0.396 e. The molecular formula is C11H17FN2O2S. The first-order valence-electron chi connectivity index (χ1n) is 5.32. The number of nitrogens with zero attached hydrogens (tertiary/aromatic N) is 1. The van der Waals surface area contributed by atoms with Crippen molar-refractivity contribution in [1.29, 1.82) is 0 Å². The van der Waals surface area contributed by atoms with Gasteiger partial charge in [0, 0.05) is 13.6 Å². The number of anilines is 1. The van der Waals surface area contributed by atoms with E-state index in [4.69, 9.17) is 5.73 Å². The van der Waals surface area contributed by atoms with E-state index in [1.165, 1.54) is 24.3 Å². The Hall–Kier alpha value is -1.14. The van der Waals surface area contributed by atoms with Gasteiger partial charge in [0.15, 0.2) is 0 Å². The van der Waals surface area contributed by atoms with Crippen LogP contribution in [0, 0.1) is 12.7 Å². The van der Waals surface area contributed by atoms with E-state index >= 15 is 0 Å². The molecule has 0 saturated heterocycles. The van der Waals surface area contributed by atoms with E-state index in [0.717, 1.165) is 6.07 Å². The third-order valence-electron chi connectivity index (χ3n) is 2.50. The van der Waals surface area contributed by atoms with E-state index in [0.29, 0.717) is 13.0 Å². The second-order valence-electron chi connectivity index (χ2n) is 3.97. The van der Waals surface area contributed by atoms with Crippen molar-refractivity contribution in [2.45, 2.75) is 25.2 Å². The lowest BCUT2D eigenvalue weighted by Gasteiger charge is -2.17. The third kappa shape index (κ3) is 2.76. The van der Waals surface area contributed by atoms with Crippen molar-refractivity contribution in [3.63, 3.8) is 0 Å². The number of nitrogens with two attached hydrogens (primary N) is 1. The van der Waals surface area contributed by atoms with E-state index in [-0.39, 0.29) is 16.1 Å². The molecule has 2 N–H and O–H groups in total. The van der Waals surface area contributed by atoms with Gasteiger partial charge in [-0.2, -0.15) is 0 Å². The first-order valence-corrected chi connectivity index (χ1v) is 6.76. The number of hydrogen-bond acceptors (Lipinski definition) is 3. The predicted molar refractivity (Wildman–Crippen MR) is 65.7 cm³/mol. The Bertz CT molecular complexity index is 491. The molecule has 0 aromatic heterocycles. The maximum absolute atomic E-state index is 13.3. The Morgan fingerprint density at radius 3 is 2.47 bits per heavy atom. The summed E-state index contributed by atoms with van der Waals surface area (Å²) in [6.45, 7) is 3.79. The molecule has 6 heteroatoms.